The van der Waals surface area contributed by atoms with E-state index in [0.29, 0.717) is 4.34 Å². The molecule has 0 spiro atoms. The first-order valence-electron chi connectivity index (χ1n) is 3.83. The Kier molecular flexibility index (Phi) is 1.91. The number of hydrogen-bond acceptors (Lipinski definition) is 2. The molecule has 1 aromatic rings. The monoisotopic (exact) mass is 223 g/mol. The molecule has 0 bridgehead atoms. The molecule has 1 aliphatic rings. The van der Waals surface area contributed by atoms with Crippen molar-refractivity contribution in [2.75, 3.05) is 0 Å². The van der Waals surface area contributed by atoms with Gasteiger partial charge in [-0.25, -0.2) is 8.78 Å². The van der Waals surface area contributed by atoms with Crippen molar-refractivity contribution in [2.24, 2.45) is 5.73 Å². The zero-order chi connectivity index (χ0) is 9.69. The van der Waals surface area contributed by atoms with E-state index in [0.717, 1.165) is 5.56 Å². The fraction of sp³-hybridized carbons (Fsp3) is 0.500. The van der Waals surface area contributed by atoms with E-state index >= 15 is 0 Å². The predicted octanol–water partition coefficient (Wildman–Crippen LogP) is 2.98. The van der Waals surface area contributed by atoms with Crippen LogP contribution in [0, 0.1) is 0 Å². The molecule has 1 saturated carbocycles. The Labute approximate surface area is 83.5 Å². The minimum absolute atomic E-state index is 0.271. The van der Waals surface area contributed by atoms with Crippen LogP contribution in [0.3, 0.4) is 0 Å². The Morgan fingerprint density at radius 1 is 1.46 bits per heavy atom. The van der Waals surface area contributed by atoms with Crippen LogP contribution in [0.4, 0.5) is 8.78 Å². The van der Waals surface area contributed by atoms with Crippen LogP contribution >= 0.6 is 22.9 Å². The first kappa shape index (κ1) is 9.37. The maximum atomic E-state index is 12.6. The van der Waals surface area contributed by atoms with Crippen molar-refractivity contribution in [1.29, 1.82) is 0 Å². The summed E-state index contributed by atoms with van der Waals surface area (Å²) in [6.45, 7) is 0. The fourth-order valence-electron chi connectivity index (χ4n) is 1.65. The molecule has 0 unspecified atom stereocenters. The van der Waals surface area contributed by atoms with Crippen molar-refractivity contribution in [1.82, 2.24) is 0 Å². The topological polar surface area (TPSA) is 26.0 Å². The van der Waals surface area contributed by atoms with E-state index in [9.17, 15) is 8.78 Å². The van der Waals surface area contributed by atoms with Gasteiger partial charge in [-0.05, 0) is 17.0 Å². The van der Waals surface area contributed by atoms with E-state index in [2.05, 4.69) is 0 Å². The molecule has 5 heteroatoms. The molecular formula is C8H8ClF2NS. The van der Waals surface area contributed by atoms with Gasteiger partial charge in [-0.1, -0.05) is 11.6 Å². The largest absolute Gasteiger partial charge is 0.321 e. The molecule has 0 amide bonds. The second kappa shape index (κ2) is 2.65. The highest BCUT2D eigenvalue weighted by atomic mass is 35.5. The van der Waals surface area contributed by atoms with Gasteiger partial charge in [-0.2, -0.15) is 0 Å². The Morgan fingerprint density at radius 2 is 2.08 bits per heavy atom. The van der Waals surface area contributed by atoms with E-state index in [1.165, 1.54) is 11.3 Å². The quantitative estimate of drug-likeness (QED) is 0.778. The SMILES string of the molecule is NC1(c2csc(Cl)c2)CC(F)(F)C1. The molecule has 1 nitrogen and oxygen atoms in total. The van der Waals surface area contributed by atoms with Crippen LogP contribution in [0.2, 0.25) is 4.34 Å². The molecule has 1 heterocycles. The van der Waals surface area contributed by atoms with Crippen LogP contribution in [0.15, 0.2) is 11.4 Å². The van der Waals surface area contributed by atoms with Crippen LogP contribution in [-0.4, -0.2) is 5.92 Å². The molecule has 1 aliphatic carbocycles. The predicted molar refractivity (Wildman–Crippen MR) is 49.4 cm³/mol. The van der Waals surface area contributed by atoms with Gasteiger partial charge >= 0.3 is 0 Å². The van der Waals surface area contributed by atoms with Crippen molar-refractivity contribution in [3.63, 3.8) is 0 Å². The van der Waals surface area contributed by atoms with Crippen LogP contribution in [0.1, 0.15) is 18.4 Å². The first-order chi connectivity index (χ1) is 5.91. The third-order valence-electron chi connectivity index (χ3n) is 2.29. The molecule has 2 N–H and O–H groups in total. The zero-order valence-corrected chi connectivity index (χ0v) is 8.26. The summed E-state index contributed by atoms with van der Waals surface area (Å²) in [7, 11) is 0. The summed E-state index contributed by atoms with van der Waals surface area (Å²) in [5.74, 6) is -2.59. The minimum atomic E-state index is -2.59. The lowest BCUT2D eigenvalue weighted by Crippen LogP contribution is -2.55. The first-order valence-corrected chi connectivity index (χ1v) is 5.08. The Bertz CT molecular complexity index is 329. The number of nitrogens with two attached hydrogens (primary N) is 1. The van der Waals surface area contributed by atoms with Crippen LogP contribution in [-0.2, 0) is 5.54 Å². The zero-order valence-electron chi connectivity index (χ0n) is 6.69. The average molecular weight is 224 g/mol. The van der Waals surface area contributed by atoms with E-state index < -0.39 is 11.5 Å². The third-order valence-corrected chi connectivity index (χ3v) is 3.38. The highest BCUT2D eigenvalue weighted by Gasteiger charge is 2.55. The van der Waals surface area contributed by atoms with Gasteiger partial charge in [-0.3, -0.25) is 0 Å². The molecule has 0 radical (unpaired) electrons. The van der Waals surface area contributed by atoms with Crippen molar-refractivity contribution >= 4 is 22.9 Å². The Morgan fingerprint density at radius 3 is 2.46 bits per heavy atom. The summed E-state index contributed by atoms with van der Waals surface area (Å²) in [5, 5.41) is 1.75. The van der Waals surface area contributed by atoms with Crippen LogP contribution < -0.4 is 5.73 Å². The second-order valence-electron chi connectivity index (χ2n) is 3.51. The van der Waals surface area contributed by atoms with E-state index in [4.69, 9.17) is 17.3 Å². The maximum Gasteiger partial charge on any atom is 0.252 e. The molecule has 0 saturated heterocycles. The van der Waals surface area contributed by atoms with E-state index in [1.807, 2.05) is 0 Å². The standard InChI is InChI=1S/C8H8ClF2NS/c9-6-1-5(2-13-6)7(12)3-8(10,11)4-7/h1-2H,3-4,12H2. The van der Waals surface area contributed by atoms with Crippen molar-refractivity contribution < 1.29 is 8.78 Å². The fourth-order valence-corrected chi connectivity index (χ4v) is 2.64. The smallest absolute Gasteiger partial charge is 0.252 e. The molecule has 72 valence electrons. The van der Waals surface area contributed by atoms with E-state index in [-0.39, 0.29) is 12.8 Å². The lowest BCUT2D eigenvalue weighted by atomic mass is 9.71. The number of halogens is 3. The third kappa shape index (κ3) is 1.58. The second-order valence-corrected chi connectivity index (χ2v) is 5.05. The molecule has 0 aliphatic heterocycles. The van der Waals surface area contributed by atoms with Gasteiger partial charge in [0, 0.05) is 12.8 Å². The summed E-state index contributed by atoms with van der Waals surface area (Å²) in [6, 6.07) is 1.67. The summed E-state index contributed by atoms with van der Waals surface area (Å²) in [6.07, 6.45) is -0.542. The van der Waals surface area contributed by atoms with E-state index in [1.54, 1.807) is 11.4 Å². The summed E-state index contributed by atoms with van der Waals surface area (Å²) in [5.41, 5.74) is 5.66. The molecule has 1 fully saturated rings. The number of thiophene rings is 1. The lowest BCUT2D eigenvalue weighted by molar-refractivity contribution is -0.124. The molecule has 1 aromatic heterocycles. The van der Waals surface area contributed by atoms with Gasteiger partial charge in [0.15, 0.2) is 0 Å². The maximum absolute atomic E-state index is 12.6. The Balaban J connectivity index is 2.20. The van der Waals surface area contributed by atoms with Gasteiger partial charge in [-0.15, -0.1) is 11.3 Å². The van der Waals surface area contributed by atoms with Crippen LogP contribution in [0.25, 0.3) is 0 Å². The van der Waals surface area contributed by atoms with Crippen molar-refractivity contribution in [3.05, 3.63) is 21.3 Å². The molecule has 2 rings (SSSR count). The van der Waals surface area contributed by atoms with Crippen LogP contribution in [0.5, 0.6) is 0 Å². The average Bonchev–Trinajstić information content (AvgIpc) is 2.31. The van der Waals surface area contributed by atoms with Crippen molar-refractivity contribution in [2.45, 2.75) is 24.3 Å². The normalized spacial score (nSPS) is 24.0. The van der Waals surface area contributed by atoms with Gasteiger partial charge < -0.3 is 5.73 Å². The number of alkyl halides is 2. The number of rotatable bonds is 1. The molecular weight excluding hydrogens is 216 g/mol. The summed E-state index contributed by atoms with van der Waals surface area (Å²) in [4.78, 5) is 0. The van der Waals surface area contributed by atoms with Gasteiger partial charge in [0.05, 0.1) is 9.88 Å². The Hall–Kier alpha value is -0.190. The summed E-state index contributed by atoms with van der Waals surface area (Å²) >= 11 is 7.02. The summed E-state index contributed by atoms with van der Waals surface area (Å²) < 4.78 is 25.8. The minimum Gasteiger partial charge on any atom is -0.321 e. The van der Waals surface area contributed by atoms with Gasteiger partial charge in [0.2, 0.25) is 0 Å². The van der Waals surface area contributed by atoms with Gasteiger partial charge in [0.25, 0.3) is 5.92 Å². The molecule has 0 aromatic carbocycles. The highest BCUT2D eigenvalue weighted by Crippen LogP contribution is 2.50. The molecule has 0 atom stereocenters. The van der Waals surface area contributed by atoms with Crippen molar-refractivity contribution in [3.8, 4) is 0 Å². The lowest BCUT2D eigenvalue weighted by Gasteiger charge is -2.44. The molecule has 13 heavy (non-hydrogen) atoms. The van der Waals surface area contributed by atoms with Gasteiger partial charge in [0.1, 0.15) is 0 Å². The highest BCUT2D eigenvalue weighted by molar-refractivity contribution is 7.14. The number of hydrogen-bond donors (Lipinski definition) is 1.